The summed E-state index contributed by atoms with van der Waals surface area (Å²) in [4.78, 5) is 0. The molecule has 0 fully saturated rings. The normalized spacial score (nSPS) is 12.8. The summed E-state index contributed by atoms with van der Waals surface area (Å²) in [5, 5.41) is 1.50. The standard InChI is InChI=1S/C8H7BF6O2S/c10-7(11,12)4-16-9(6-2-1-3-18-6)17-5-8(13,14)15/h1-3H,4-5H2. The van der Waals surface area contributed by atoms with Gasteiger partial charge in [0.1, 0.15) is 13.2 Å². The predicted molar refractivity (Wildman–Crippen MR) is 53.7 cm³/mol. The average molecular weight is 292 g/mol. The molecule has 102 valence electrons. The Labute approximate surface area is 103 Å². The molecular weight excluding hydrogens is 285 g/mol. The SMILES string of the molecule is FC(F)(F)COB(OCC(F)(F)F)c1cccs1. The van der Waals surface area contributed by atoms with Gasteiger partial charge in [0.05, 0.1) is 0 Å². The Kier molecular flexibility index (Phi) is 5.05. The summed E-state index contributed by atoms with van der Waals surface area (Å²) >= 11 is 0.947. The number of hydrogen-bond donors (Lipinski definition) is 0. The summed E-state index contributed by atoms with van der Waals surface area (Å²) in [5.41, 5.74) is 0. The van der Waals surface area contributed by atoms with Gasteiger partial charge in [0.15, 0.2) is 0 Å². The lowest BCUT2D eigenvalue weighted by molar-refractivity contribution is -0.167. The molecule has 18 heavy (non-hydrogen) atoms. The Bertz CT molecular complexity index is 331. The van der Waals surface area contributed by atoms with Crippen LogP contribution in [0.5, 0.6) is 0 Å². The Balaban J connectivity index is 2.59. The maximum atomic E-state index is 11.9. The molecule has 0 N–H and O–H groups in total. The molecular formula is C8H7BF6O2S. The smallest absolute Gasteiger partial charge is 0.397 e. The summed E-state index contributed by atoms with van der Waals surface area (Å²) in [6, 6.07) is 2.81. The van der Waals surface area contributed by atoms with Crippen LogP contribution in [0.1, 0.15) is 0 Å². The molecule has 0 bridgehead atoms. The first-order valence-corrected chi connectivity index (χ1v) is 5.45. The minimum atomic E-state index is -4.63. The molecule has 0 radical (unpaired) electrons. The molecule has 0 aliphatic carbocycles. The monoisotopic (exact) mass is 292 g/mol. The quantitative estimate of drug-likeness (QED) is 0.613. The van der Waals surface area contributed by atoms with Crippen LogP contribution in [-0.2, 0) is 9.31 Å². The van der Waals surface area contributed by atoms with Crippen LogP contribution >= 0.6 is 11.3 Å². The van der Waals surface area contributed by atoms with E-state index in [0.717, 1.165) is 11.3 Å². The summed E-state index contributed by atoms with van der Waals surface area (Å²) in [7, 11) is -1.67. The highest BCUT2D eigenvalue weighted by Gasteiger charge is 2.36. The van der Waals surface area contributed by atoms with Crippen molar-refractivity contribution in [2.24, 2.45) is 0 Å². The molecule has 10 heteroatoms. The third kappa shape index (κ3) is 6.27. The molecule has 2 nitrogen and oxygen atoms in total. The van der Waals surface area contributed by atoms with E-state index in [1.54, 1.807) is 0 Å². The van der Waals surface area contributed by atoms with Crippen molar-refractivity contribution in [2.75, 3.05) is 13.2 Å². The van der Waals surface area contributed by atoms with E-state index in [9.17, 15) is 26.3 Å². The van der Waals surface area contributed by atoms with Crippen LogP contribution in [-0.4, -0.2) is 32.7 Å². The van der Waals surface area contributed by atoms with Crippen molar-refractivity contribution in [1.82, 2.24) is 0 Å². The van der Waals surface area contributed by atoms with Crippen molar-refractivity contribution in [3.05, 3.63) is 17.5 Å². The molecule has 0 spiro atoms. The molecule has 1 aromatic heterocycles. The third-order valence-electron chi connectivity index (χ3n) is 1.57. The molecule has 0 amide bonds. The summed E-state index contributed by atoms with van der Waals surface area (Å²) in [6.07, 6.45) is -9.26. The van der Waals surface area contributed by atoms with Gasteiger partial charge >= 0.3 is 19.5 Å². The van der Waals surface area contributed by atoms with Gasteiger partial charge in [0, 0.05) is 4.78 Å². The second kappa shape index (κ2) is 5.94. The zero-order valence-corrected chi connectivity index (χ0v) is 9.53. The predicted octanol–water partition coefficient (Wildman–Crippen LogP) is 2.60. The Morgan fingerprint density at radius 3 is 1.83 bits per heavy atom. The van der Waals surface area contributed by atoms with E-state index in [2.05, 4.69) is 9.31 Å². The number of hydrogen-bond acceptors (Lipinski definition) is 3. The van der Waals surface area contributed by atoms with Gasteiger partial charge in [-0.15, -0.1) is 0 Å². The summed E-state index contributed by atoms with van der Waals surface area (Å²) < 4.78 is 80.4. The highest BCUT2D eigenvalue weighted by Crippen LogP contribution is 2.18. The van der Waals surface area contributed by atoms with Gasteiger partial charge in [0.25, 0.3) is 0 Å². The largest absolute Gasteiger partial charge is 0.505 e. The highest BCUT2D eigenvalue weighted by atomic mass is 32.1. The maximum absolute atomic E-state index is 11.9. The second-order valence-electron chi connectivity index (χ2n) is 3.20. The molecule has 0 saturated carbocycles. The molecule has 0 aliphatic rings. The van der Waals surface area contributed by atoms with Gasteiger partial charge in [-0.2, -0.15) is 37.7 Å². The van der Waals surface area contributed by atoms with Crippen molar-refractivity contribution in [3.63, 3.8) is 0 Å². The zero-order chi connectivity index (χ0) is 13.8. The Morgan fingerprint density at radius 1 is 1.00 bits per heavy atom. The average Bonchev–Trinajstić information content (AvgIpc) is 2.67. The maximum Gasteiger partial charge on any atom is 0.505 e. The van der Waals surface area contributed by atoms with Crippen molar-refractivity contribution >= 4 is 23.2 Å². The molecule has 1 heterocycles. The molecule has 1 aromatic rings. The summed E-state index contributed by atoms with van der Waals surface area (Å²) in [6.45, 7) is -3.35. The first-order valence-electron chi connectivity index (χ1n) is 4.57. The van der Waals surface area contributed by atoms with Crippen LogP contribution in [0.4, 0.5) is 26.3 Å². The van der Waals surface area contributed by atoms with E-state index in [4.69, 9.17) is 0 Å². The van der Waals surface area contributed by atoms with E-state index in [1.807, 2.05) is 0 Å². The van der Waals surface area contributed by atoms with Crippen LogP contribution in [0.25, 0.3) is 0 Å². The minimum Gasteiger partial charge on any atom is -0.397 e. The van der Waals surface area contributed by atoms with Crippen molar-refractivity contribution < 1.29 is 35.7 Å². The lowest BCUT2D eigenvalue weighted by Gasteiger charge is -2.16. The van der Waals surface area contributed by atoms with Gasteiger partial charge in [-0.05, 0) is 5.38 Å². The van der Waals surface area contributed by atoms with Gasteiger partial charge in [-0.1, -0.05) is 12.1 Å². The van der Waals surface area contributed by atoms with Gasteiger partial charge < -0.3 is 9.31 Å². The first-order chi connectivity index (χ1) is 8.17. The third-order valence-corrected chi connectivity index (χ3v) is 2.47. The zero-order valence-electron chi connectivity index (χ0n) is 8.72. The molecule has 0 saturated heterocycles. The first kappa shape index (κ1) is 15.3. The van der Waals surface area contributed by atoms with E-state index < -0.39 is 32.7 Å². The van der Waals surface area contributed by atoms with Gasteiger partial charge in [-0.25, -0.2) is 0 Å². The van der Waals surface area contributed by atoms with Crippen LogP contribution < -0.4 is 4.78 Å². The highest BCUT2D eigenvalue weighted by molar-refractivity contribution is 7.20. The molecule has 0 aromatic carbocycles. The van der Waals surface area contributed by atoms with Gasteiger partial charge in [0.2, 0.25) is 0 Å². The number of halogens is 6. The van der Waals surface area contributed by atoms with E-state index in [1.165, 1.54) is 17.5 Å². The van der Waals surface area contributed by atoms with E-state index in [-0.39, 0.29) is 4.78 Å². The van der Waals surface area contributed by atoms with Crippen molar-refractivity contribution in [1.29, 1.82) is 0 Å². The van der Waals surface area contributed by atoms with Crippen LogP contribution in [0.3, 0.4) is 0 Å². The fraction of sp³-hybridized carbons (Fsp3) is 0.500. The number of rotatable bonds is 5. The minimum absolute atomic E-state index is 0.142. The van der Waals surface area contributed by atoms with Crippen LogP contribution in [0.15, 0.2) is 17.5 Å². The lowest BCUT2D eigenvalue weighted by atomic mass is 9.87. The molecule has 0 atom stereocenters. The van der Waals surface area contributed by atoms with E-state index >= 15 is 0 Å². The van der Waals surface area contributed by atoms with Gasteiger partial charge in [-0.3, -0.25) is 0 Å². The summed E-state index contributed by atoms with van der Waals surface area (Å²) in [5.74, 6) is 0. The van der Waals surface area contributed by atoms with Crippen molar-refractivity contribution in [3.8, 4) is 0 Å². The fourth-order valence-corrected chi connectivity index (χ4v) is 1.70. The second-order valence-corrected chi connectivity index (χ2v) is 4.18. The fourth-order valence-electron chi connectivity index (χ4n) is 0.978. The Hall–Kier alpha value is -0.735. The number of thiophene rings is 1. The van der Waals surface area contributed by atoms with Crippen LogP contribution in [0, 0.1) is 0 Å². The molecule has 0 unspecified atom stereocenters. The number of alkyl halides is 6. The van der Waals surface area contributed by atoms with Crippen molar-refractivity contribution in [2.45, 2.75) is 12.4 Å². The molecule has 1 rings (SSSR count). The van der Waals surface area contributed by atoms with Crippen LogP contribution in [0.2, 0.25) is 0 Å². The lowest BCUT2D eigenvalue weighted by Crippen LogP contribution is -2.40. The topological polar surface area (TPSA) is 18.5 Å². The Morgan fingerprint density at radius 2 is 1.50 bits per heavy atom. The molecule has 0 aliphatic heterocycles. The van der Waals surface area contributed by atoms with E-state index in [0.29, 0.717) is 0 Å².